The zero-order valence-corrected chi connectivity index (χ0v) is 51.9. The van der Waals surface area contributed by atoms with Crippen molar-refractivity contribution in [3.05, 3.63) is 65.7 Å². The molecular formula is C58H84N16O17S. The van der Waals surface area contributed by atoms with Crippen LogP contribution in [0.3, 0.4) is 0 Å². The van der Waals surface area contributed by atoms with Gasteiger partial charge in [-0.15, -0.1) is 0 Å². The molecule has 0 spiro atoms. The summed E-state index contributed by atoms with van der Waals surface area (Å²) in [5, 5.41) is 48.9. The van der Waals surface area contributed by atoms with Gasteiger partial charge in [0.25, 0.3) is 0 Å². The van der Waals surface area contributed by atoms with Gasteiger partial charge < -0.3 is 96.3 Å². The van der Waals surface area contributed by atoms with Crippen molar-refractivity contribution in [2.24, 2.45) is 39.6 Å². The Hall–Kier alpha value is -9.60. The number of carboxylic acids is 2. The first-order chi connectivity index (χ1) is 43.5. The number of aromatic hydroxyl groups is 1. The van der Waals surface area contributed by atoms with Crippen molar-refractivity contribution in [1.82, 2.24) is 52.3 Å². The summed E-state index contributed by atoms with van der Waals surface area (Å²) in [6.07, 6.45) is -2.41. The number of hydrogen-bond donors (Lipinski definition) is 17. The number of benzene rings is 2. The van der Waals surface area contributed by atoms with E-state index in [1.165, 1.54) is 24.3 Å². The number of carbonyl (C=O) groups excluding carboxylic acids is 12. The number of nitrogens with two attached hydrogens (primary N) is 5. The summed E-state index contributed by atoms with van der Waals surface area (Å²) in [6, 6.07) is -0.341. The summed E-state index contributed by atoms with van der Waals surface area (Å²) < 4.78 is 0. The van der Waals surface area contributed by atoms with Gasteiger partial charge in [0, 0.05) is 51.1 Å². The Morgan fingerprint density at radius 2 is 1.08 bits per heavy atom. The number of carbonyl (C=O) groups is 14. The van der Waals surface area contributed by atoms with E-state index in [0.717, 1.165) is 9.80 Å². The number of primary amides is 2. The van der Waals surface area contributed by atoms with Gasteiger partial charge in [-0.05, 0) is 80.5 Å². The standard InChI is InChI=1S/C58H84N16O17S/c1-30(2)47(61)55(88)67-35(19-21-46(79)80)50(83)72-40(29-92)52(85)69-37(25-32-14-16-33(75)17-15-32)48(81)65-28-45(78)73-23-7-12-41(73)53(86)70-38(27-44(60)77)51(84)68-36(11-6-22-64-58(62)63)56(89)74-24-8-13-42(74)54(87)66-34(18-20-43(59)76)49(82)71-39(57(90)91)26-31-9-4-3-5-10-31/h3-5,9-10,14-17,30,34-42,47,75,92H,6-8,11-13,18-29,61H2,1-2H3,(H2,59,76)(H2,60,77)(H,65,81)(H,66,87)(H,67,88)(H,68,84)(H,69,85)(H,70,86)(H,71,82)(H,72,83)(H,79,80)(H,90,91)(H4,62,63,64)/t34-,35-,36-,37-,38-,39-,40-,41-,42-,47-/m0/s1. The fourth-order valence-corrected chi connectivity index (χ4v) is 10.3. The average Bonchev–Trinajstić information content (AvgIpc) is 1.70. The Labute approximate surface area is 535 Å². The lowest BCUT2D eigenvalue weighted by atomic mass is 10.0. The van der Waals surface area contributed by atoms with Gasteiger partial charge in [-0.25, -0.2) is 4.79 Å². The molecule has 33 nitrogen and oxygen atoms in total. The number of aliphatic imine (C=N–C) groups is 1. The molecule has 2 aromatic carbocycles. The Morgan fingerprint density at radius 3 is 1.64 bits per heavy atom. The monoisotopic (exact) mass is 1310 g/mol. The molecule has 0 aromatic heterocycles. The molecule has 34 heteroatoms. The number of carboxylic acid groups (broad SMARTS) is 2. The molecule has 2 heterocycles. The fourth-order valence-electron chi connectivity index (χ4n) is 10.0. The number of nitrogens with one attached hydrogen (secondary N) is 8. The molecule has 0 unspecified atom stereocenters. The second kappa shape index (κ2) is 36.9. The minimum Gasteiger partial charge on any atom is -0.508 e. The van der Waals surface area contributed by atoms with Gasteiger partial charge >= 0.3 is 11.9 Å². The maximum Gasteiger partial charge on any atom is 0.326 e. The number of rotatable bonds is 37. The predicted octanol–water partition coefficient (Wildman–Crippen LogP) is -5.27. The summed E-state index contributed by atoms with van der Waals surface area (Å²) in [7, 11) is 0. The van der Waals surface area contributed by atoms with E-state index >= 15 is 0 Å². The third-order valence-electron chi connectivity index (χ3n) is 15.1. The van der Waals surface area contributed by atoms with E-state index in [0.29, 0.717) is 11.1 Å². The number of hydrogen-bond acceptors (Lipinski definition) is 18. The first kappa shape index (κ1) is 74.9. The first-order valence-electron chi connectivity index (χ1n) is 29.7. The Kier molecular flexibility index (Phi) is 30.0. The van der Waals surface area contributed by atoms with Crippen molar-refractivity contribution in [3.8, 4) is 5.75 Å². The van der Waals surface area contributed by atoms with Crippen LogP contribution in [-0.2, 0) is 80.0 Å². The second-order valence-corrected chi connectivity index (χ2v) is 22.9. The minimum absolute atomic E-state index is 0.0291. The smallest absolute Gasteiger partial charge is 0.326 e. The lowest BCUT2D eigenvalue weighted by molar-refractivity contribution is -0.144. The summed E-state index contributed by atoms with van der Waals surface area (Å²) in [4.78, 5) is 193. The third kappa shape index (κ3) is 24.3. The molecule has 0 aliphatic carbocycles. The molecule has 504 valence electrons. The van der Waals surface area contributed by atoms with Crippen molar-refractivity contribution in [2.45, 2.75) is 158 Å². The van der Waals surface area contributed by atoms with Crippen molar-refractivity contribution in [2.75, 3.05) is 31.9 Å². The van der Waals surface area contributed by atoms with Crippen molar-refractivity contribution < 1.29 is 82.4 Å². The van der Waals surface area contributed by atoms with Crippen LogP contribution < -0.4 is 71.2 Å². The van der Waals surface area contributed by atoms with Crippen molar-refractivity contribution in [3.63, 3.8) is 0 Å². The number of phenols is 1. The van der Waals surface area contributed by atoms with Gasteiger partial charge in [-0.2, -0.15) is 12.6 Å². The van der Waals surface area contributed by atoms with Crippen LogP contribution in [0.25, 0.3) is 0 Å². The van der Waals surface area contributed by atoms with Crippen LogP contribution in [-0.4, -0.2) is 206 Å². The lowest BCUT2D eigenvalue weighted by Crippen LogP contribution is -2.60. The summed E-state index contributed by atoms with van der Waals surface area (Å²) in [6.45, 7) is 2.44. The van der Waals surface area contributed by atoms with Gasteiger partial charge in [-0.3, -0.25) is 67.3 Å². The van der Waals surface area contributed by atoms with E-state index in [1.54, 1.807) is 44.2 Å². The summed E-state index contributed by atoms with van der Waals surface area (Å²) in [5.74, 6) is -14.8. The van der Waals surface area contributed by atoms with E-state index in [9.17, 15) is 82.4 Å². The second-order valence-electron chi connectivity index (χ2n) is 22.5. The molecule has 10 atom stereocenters. The zero-order chi connectivity index (χ0) is 68.4. The number of amides is 12. The van der Waals surface area contributed by atoms with E-state index in [-0.39, 0.29) is 107 Å². The fraction of sp³-hybridized carbons (Fsp3) is 0.534. The number of likely N-dealkylation sites (tertiary alicyclic amines) is 2. The first-order valence-corrected chi connectivity index (χ1v) is 30.4. The molecule has 2 aliphatic rings. The maximum atomic E-state index is 14.6. The van der Waals surface area contributed by atoms with E-state index in [1.807, 2.05) is 0 Å². The molecule has 12 amide bonds. The van der Waals surface area contributed by atoms with Crippen LogP contribution in [0.1, 0.15) is 95.6 Å². The molecule has 2 aromatic rings. The highest BCUT2D eigenvalue weighted by Crippen LogP contribution is 2.22. The molecule has 4 rings (SSSR count). The molecule has 0 saturated carbocycles. The Bertz CT molecular complexity index is 3010. The average molecular weight is 1310 g/mol. The zero-order valence-electron chi connectivity index (χ0n) is 51.0. The Balaban J connectivity index is 1.50. The lowest BCUT2D eigenvalue weighted by Gasteiger charge is -2.31. The topological polar surface area (TPSA) is 545 Å². The summed E-state index contributed by atoms with van der Waals surface area (Å²) >= 11 is 4.20. The molecule has 92 heavy (non-hydrogen) atoms. The number of nitrogens with zero attached hydrogens (tertiary/aromatic N) is 3. The van der Waals surface area contributed by atoms with Gasteiger partial charge in [0.1, 0.15) is 60.1 Å². The molecule has 2 saturated heterocycles. The number of guanidine groups is 1. The normalized spacial score (nSPS) is 16.9. The molecular weight excluding hydrogens is 1220 g/mol. The van der Waals surface area contributed by atoms with Crippen LogP contribution in [0.5, 0.6) is 5.75 Å². The molecule has 2 aliphatic heterocycles. The summed E-state index contributed by atoms with van der Waals surface area (Å²) in [5.41, 5.74) is 28.9. The predicted molar refractivity (Wildman–Crippen MR) is 331 cm³/mol. The van der Waals surface area contributed by atoms with Gasteiger partial charge in [0.05, 0.1) is 19.0 Å². The van der Waals surface area contributed by atoms with Gasteiger partial charge in [0.15, 0.2) is 5.96 Å². The van der Waals surface area contributed by atoms with Gasteiger partial charge in [-0.1, -0.05) is 56.3 Å². The van der Waals surface area contributed by atoms with E-state index in [4.69, 9.17) is 28.7 Å². The van der Waals surface area contributed by atoms with Crippen LogP contribution >= 0.6 is 12.6 Å². The van der Waals surface area contributed by atoms with Crippen LogP contribution in [0.4, 0.5) is 0 Å². The van der Waals surface area contributed by atoms with Crippen LogP contribution in [0.2, 0.25) is 0 Å². The van der Waals surface area contributed by atoms with E-state index < -0.39 is 169 Å². The van der Waals surface area contributed by atoms with Crippen LogP contribution in [0.15, 0.2) is 59.6 Å². The Morgan fingerprint density at radius 1 is 0.576 bits per heavy atom. The molecule has 21 N–H and O–H groups in total. The third-order valence-corrected chi connectivity index (χ3v) is 15.4. The van der Waals surface area contributed by atoms with Crippen molar-refractivity contribution >= 4 is 101 Å². The highest BCUT2D eigenvalue weighted by molar-refractivity contribution is 7.80. The highest BCUT2D eigenvalue weighted by atomic mass is 32.1. The van der Waals surface area contributed by atoms with E-state index in [2.05, 4.69) is 60.2 Å². The molecule has 0 radical (unpaired) electrons. The number of aliphatic carboxylic acids is 2. The quantitative estimate of drug-likeness (QED) is 0.0130. The largest absolute Gasteiger partial charge is 0.508 e. The highest BCUT2D eigenvalue weighted by Gasteiger charge is 2.42. The SMILES string of the molecule is CC(C)[C@H](N)C(=O)N[C@@H](CCC(=O)O)C(=O)N[C@@H](CS)C(=O)N[C@@H](Cc1ccc(O)cc1)C(=O)NCC(=O)N1CCC[C@H]1C(=O)N[C@@H](CC(N)=O)C(=O)N[C@@H](CCCN=C(N)N)C(=O)N1CCC[C@H]1C(=O)N[C@@H](CCC(N)=O)C(=O)N[C@@H](Cc1ccccc1)C(=O)O. The van der Waals surface area contributed by atoms with Crippen molar-refractivity contribution in [1.29, 1.82) is 0 Å². The molecule has 2 fully saturated rings. The maximum absolute atomic E-state index is 14.6. The molecule has 0 bridgehead atoms. The van der Waals surface area contributed by atoms with Gasteiger partial charge in [0.2, 0.25) is 70.9 Å². The van der Waals surface area contributed by atoms with Crippen LogP contribution in [0, 0.1) is 5.92 Å². The number of phenolic OH excluding ortho intramolecular Hbond substituents is 1. The minimum atomic E-state index is -1.77. The number of thiol groups is 1.